The van der Waals surface area contributed by atoms with Gasteiger partial charge in [-0.3, -0.25) is 15.0 Å². The smallest absolute Gasteiger partial charge is 0.269 e. The van der Waals surface area contributed by atoms with Crippen LogP contribution in [0.25, 0.3) is 11.1 Å². The molecule has 0 amide bonds. The van der Waals surface area contributed by atoms with Crippen LogP contribution in [0.2, 0.25) is 0 Å². The van der Waals surface area contributed by atoms with Crippen LogP contribution < -0.4 is 4.72 Å². The molecule has 0 aromatic heterocycles. The molecule has 0 fully saturated rings. The van der Waals surface area contributed by atoms with Gasteiger partial charge in [-0.2, -0.15) is 0 Å². The first-order valence-corrected chi connectivity index (χ1v) is 12.5. The van der Waals surface area contributed by atoms with Gasteiger partial charge in [-0.1, -0.05) is 48.5 Å². The van der Waals surface area contributed by atoms with Crippen molar-refractivity contribution < 1.29 is 13.3 Å². The summed E-state index contributed by atoms with van der Waals surface area (Å²) in [5.74, 6) is 0. The molecule has 0 aliphatic carbocycles. The van der Waals surface area contributed by atoms with Gasteiger partial charge in [-0.15, -0.1) is 12.4 Å². The summed E-state index contributed by atoms with van der Waals surface area (Å²) in [5, 5.41) is 11.0. The van der Waals surface area contributed by atoms with Crippen molar-refractivity contribution in [3.63, 3.8) is 0 Å². The van der Waals surface area contributed by atoms with Crippen molar-refractivity contribution in [2.45, 2.75) is 30.7 Å². The lowest BCUT2D eigenvalue weighted by Gasteiger charge is -2.28. The van der Waals surface area contributed by atoms with Gasteiger partial charge in [0, 0.05) is 31.8 Å². The fourth-order valence-electron chi connectivity index (χ4n) is 4.11. The highest BCUT2D eigenvalue weighted by Gasteiger charge is 2.19. The maximum Gasteiger partial charge on any atom is 0.269 e. The average molecular weight is 502 g/mol. The van der Waals surface area contributed by atoms with Crippen LogP contribution >= 0.6 is 12.4 Å². The molecular formula is C25H28ClN3O4S. The third-order valence-corrected chi connectivity index (χ3v) is 7.43. The number of hydrogen-bond acceptors (Lipinski definition) is 5. The van der Waals surface area contributed by atoms with Gasteiger partial charge in [0.1, 0.15) is 0 Å². The van der Waals surface area contributed by atoms with E-state index in [1.165, 1.54) is 5.56 Å². The third kappa shape index (κ3) is 6.42. The van der Waals surface area contributed by atoms with Crippen LogP contribution in [0.15, 0.2) is 77.7 Å². The van der Waals surface area contributed by atoms with E-state index >= 15 is 0 Å². The summed E-state index contributed by atoms with van der Waals surface area (Å²) >= 11 is 0. The number of benzene rings is 3. The minimum Gasteiger partial charge on any atom is -0.299 e. The number of non-ortho nitro benzene ring substituents is 1. The molecule has 34 heavy (non-hydrogen) atoms. The fourth-order valence-corrected chi connectivity index (χ4v) is 5.19. The zero-order valence-electron chi connectivity index (χ0n) is 18.7. The predicted octanol–water partition coefficient (Wildman–Crippen LogP) is 4.80. The van der Waals surface area contributed by atoms with Gasteiger partial charge in [0.2, 0.25) is 10.0 Å². The van der Waals surface area contributed by atoms with Gasteiger partial charge in [0.25, 0.3) is 5.69 Å². The number of sulfonamides is 1. The lowest BCUT2D eigenvalue weighted by molar-refractivity contribution is -0.385. The average Bonchev–Trinajstić information content (AvgIpc) is 2.84. The maximum absolute atomic E-state index is 12.6. The highest BCUT2D eigenvalue weighted by atomic mass is 35.5. The quantitative estimate of drug-likeness (QED) is 0.258. The first-order chi connectivity index (χ1) is 15.9. The maximum atomic E-state index is 12.6. The molecule has 0 unspecified atom stereocenters. The summed E-state index contributed by atoms with van der Waals surface area (Å²) in [4.78, 5) is 13.2. The number of nitro benzene ring substituents is 1. The van der Waals surface area contributed by atoms with Crippen molar-refractivity contribution in [3.05, 3.63) is 94.0 Å². The molecule has 9 heteroatoms. The van der Waals surface area contributed by atoms with Crippen LogP contribution in [0.5, 0.6) is 0 Å². The van der Waals surface area contributed by atoms with Gasteiger partial charge in [-0.25, -0.2) is 13.1 Å². The second-order valence-corrected chi connectivity index (χ2v) is 10.00. The van der Waals surface area contributed by atoms with E-state index in [2.05, 4.69) is 9.62 Å². The molecule has 0 radical (unpaired) electrons. The Morgan fingerprint density at radius 1 is 0.912 bits per heavy atom. The molecule has 0 atom stereocenters. The SMILES string of the molecule is Cl.O=[N+]([O-])c1ccc2c(c1)CN(CCCCNS(=O)(=O)c1ccc(-c3ccccc3)cc1)CC2. The molecular weight excluding hydrogens is 474 g/mol. The molecule has 1 aliphatic heterocycles. The van der Waals surface area contributed by atoms with Crippen molar-refractivity contribution in [3.8, 4) is 11.1 Å². The molecule has 0 saturated heterocycles. The van der Waals surface area contributed by atoms with Crippen LogP contribution in [0.3, 0.4) is 0 Å². The number of halogens is 1. The van der Waals surface area contributed by atoms with Gasteiger partial charge < -0.3 is 0 Å². The van der Waals surface area contributed by atoms with E-state index in [1.54, 1.807) is 24.3 Å². The number of nitrogens with one attached hydrogen (secondary N) is 1. The Kier molecular flexibility index (Phi) is 8.79. The first-order valence-electron chi connectivity index (χ1n) is 11.1. The van der Waals surface area contributed by atoms with Gasteiger partial charge >= 0.3 is 0 Å². The van der Waals surface area contributed by atoms with E-state index in [9.17, 15) is 18.5 Å². The topological polar surface area (TPSA) is 92.6 Å². The van der Waals surface area contributed by atoms with Gasteiger partial charge in [0.05, 0.1) is 9.82 Å². The standard InChI is InChI=1S/C25H27N3O4S.ClH/c29-28(30)24-11-8-22-14-17-27(19-23(22)18-24)16-5-4-15-26-33(31,32)25-12-9-21(10-13-25)20-6-2-1-3-7-20;/h1-3,6-13,18,26H,4-5,14-17,19H2;1H. The Balaban J connectivity index is 0.00000324. The molecule has 3 aromatic carbocycles. The molecule has 0 spiro atoms. The summed E-state index contributed by atoms with van der Waals surface area (Å²) in [6.45, 7) is 2.80. The van der Waals surface area contributed by atoms with E-state index in [-0.39, 0.29) is 27.9 Å². The van der Waals surface area contributed by atoms with Gasteiger partial charge in [-0.05, 0) is 60.2 Å². The number of nitrogens with zero attached hydrogens (tertiary/aromatic N) is 2. The van der Waals surface area contributed by atoms with Crippen LogP contribution in [0, 0.1) is 10.1 Å². The van der Waals surface area contributed by atoms with E-state index in [1.807, 2.05) is 48.5 Å². The minimum absolute atomic E-state index is 0. The third-order valence-electron chi connectivity index (χ3n) is 5.96. The largest absolute Gasteiger partial charge is 0.299 e. The molecule has 1 aliphatic rings. The first kappa shape index (κ1) is 25.8. The zero-order valence-corrected chi connectivity index (χ0v) is 20.4. The summed E-state index contributed by atoms with van der Waals surface area (Å²) in [7, 11) is -3.54. The highest BCUT2D eigenvalue weighted by Crippen LogP contribution is 2.24. The lowest BCUT2D eigenvalue weighted by Crippen LogP contribution is -2.32. The van der Waals surface area contributed by atoms with Crippen LogP contribution in [0.1, 0.15) is 24.0 Å². The van der Waals surface area contributed by atoms with Crippen LogP contribution in [0.4, 0.5) is 5.69 Å². The van der Waals surface area contributed by atoms with E-state index < -0.39 is 10.0 Å². The number of hydrogen-bond donors (Lipinski definition) is 1. The zero-order chi connectivity index (χ0) is 23.3. The Hall–Kier alpha value is -2.78. The summed E-state index contributed by atoms with van der Waals surface area (Å²) in [6, 6.07) is 21.8. The minimum atomic E-state index is -3.54. The number of nitro groups is 1. The molecule has 1 heterocycles. The fraction of sp³-hybridized carbons (Fsp3) is 0.280. The Labute approximate surface area is 206 Å². The van der Waals surface area contributed by atoms with Crippen molar-refractivity contribution in [1.29, 1.82) is 0 Å². The Morgan fingerprint density at radius 3 is 2.32 bits per heavy atom. The molecule has 4 rings (SSSR count). The molecule has 0 saturated carbocycles. The normalized spacial score (nSPS) is 13.6. The summed E-state index contributed by atoms with van der Waals surface area (Å²) in [5.41, 5.74) is 4.33. The van der Waals surface area contributed by atoms with E-state index in [4.69, 9.17) is 0 Å². The molecule has 0 bridgehead atoms. The Morgan fingerprint density at radius 2 is 1.62 bits per heavy atom. The molecule has 1 N–H and O–H groups in total. The van der Waals surface area contributed by atoms with Crippen molar-refractivity contribution in [2.24, 2.45) is 0 Å². The second kappa shape index (κ2) is 11.6. The van der Waals surface area contributed by atoms with Crippen LogP contribution in [-0.4, -0.2) is 37.9 Å². The predicted molar refractivity (Wildman–Crippen MR) is 136 cm³/mol. The van der Waals surface area contributed by atoms with Gasteiger partial charge in [0.15, 0.2) is 0 Å². The van der Waals surface area contributed by atoms with E-state index in [0.29, 0.717) is 13.1 Å². The summed E-state index contributed by atoms with van der Waals surface area (Å²) in [6.07, 6.45) is 2.44. The number of unbranched alkanes of at least 4 members (excludes halogenated alkanes) is 1. The van der Waals surface area contributed by atoms with Crippen molar-refractivity contribution >= 4 is 28.1 Å². The van der Waals surface area contributed by atoms with E-state index in [0.717, 1.165) is 49.0 Å². The number of fused-ring (bicyclic) bond motifs is 1. The Bertz CT molecular complexity index is 1220. The molecule has 3 aromatic rings. The monoisotopic (exact) mass is 501 g/mol. The molecule has 180 valence electrons. The second-order valence-electron chi connectivity index (χ2n) is 8.23. The lowest BCUT2D eigenvalue weighted by atomic mass is 9.99. The summed E-state index contributed by atoms with van der Waals surface area (Å²) < 4.78 is 27.9. The van der Waals surface area contributed by atoms with Crippen LogP contribution in [-0.2, 0) is 23.0 Å². The van der Waals surface area contributed by atoms with Crippen molar-refractivity contribution in [1.82, 2.24) is 9.62 Å². The molecule has 7 nitrogen and oxygen atoms in total. The van der Waals surface area contributed by atoms with Crippen molar-refractivity contribution in [2.75, 3.05) is 19.6 Å². The highest BCUT2D eigenvalue weighted by molar-refractivity contribution is 7.89. The number of rotatable bonds is 9.